The molecule has 4 rings (SSSR count). The van der Waals surface area contributed by atoms with Crippen LogP contribution < -0.4 is 5.56 Å². The number of rotatable bonds is 3. The molecule has 1 amide bonds. The van der Waals surface area contributed by atoms with Crippen LogP contribution in [0.2, 0.25) is 0 Å². The van der Waals surface area contributed by atoms with Gasteiger partial charge in [0.25, 0.3) is 5.56 Å². The minimum Gasteiger partial charge on any atom is -0.336 e. The van der Waals surface area contributed by atoms with Gasteiger partial charge in [-0.25, -0.2) is 9.07 Å². The van der Waals surface area contributed by atoms with Crippen LogP contribution in [-0.4, -0.2) is 27.1 Å². The number of benzene rings is 2. The molecule has 5 nitrogen and oxygen atoms in total. The average molecular weight is 363 g/mol. The first kappa shape index (κ1) is 17.1. The van der Waals surface area contributed by atoms with Crippen molar-refractivity contribution in [3.63, 3.8) is 0 Å². The molecule has 2 aromatic carbocycles. The van der Waals surface area contributed by atoms with Crippen molar-refractivity contribution < 1.29 is 9.18 Å². The number of aromatic nitrogens is 2. The summed E-state index contributed by atoms with van der Waals surface area (Å²) >= 11 is 0. The molecule has 0 saturated heterocycles. The number of hydrogen-bond donors (Lipinski definition) is 0. The molecule has 1 aromatic heterocycles. The lowest BCUT2D eigenvalue weighted by molar-refractivity contribution is -0.133. The summed E-state index contributed by atoms with van der Waals surface area (Å²) in [4.78, 5) is 26.6. The predicted octanol–water partition coefficient (Wildman–Crippen LogP) is 2.63. The van der Waals surface area contributed by atoms with Gasteiger partial charge in [-0.2, -0.15) is 5.10 Å². The zero-order valence-corrected chi connectivity index (χ0v) is 14.6. The van der Waals surface area contributed by atoms with Crippen LogP contribution >= 0.6 is 0 Å². The van der Waals surface area contributed by atoms with Gasteiger partial charge in [0.1, 0.15) is 12.4 Å². The van der Waals surface area contributed by atoms with Gasteiger partial charge in [0.05, 0.1) is 5.69 Å². The van der Waals surface area contributed by atoms with Crippen LogP contribution in [0, 0.1) is 5.82 Å². The normalized spacial score (nSPS) is 13.3. The molecule has 0 N–H and O–H groups in total. The molecule has 0 radical (unpaired) electrons. The SMILES string of the molecule is O=C(Cn1nc(-c2ccc(F)cc2)ccc1=O)N1CCc2ccccc2C1. The molecule has 6 heteroatoms. The van der Waals surface area contributed by atoms with E-state index in [0.29, 0.717) is 24.3 Å². The Morgan fingerprint density at radius 3 is 2.52 bits per heavy atom. The molecule has 0 aliphatic carbocycles. The summed E-state index contributed by atoms with van der Waals surface area (Å²) in [5.74, 6) is -0.483. The van der Waals surface area contributed by atoms with Crippen LogP contribution in [0.1, 0.15) is 11.1 Å². The molecule has 3 aromatic rings. The van der Waals surface area contributed by atoms with Crippen molar-refractivity contribution in [3.05, 3.63) is 88.0 Å². The number of hydrogen-bond acceptors (Lipinski definition) is 3. The Labute approximate surface area is 155 Å². The third kappa shape index (κ3) is 3.65. The Bertz CT molecular complexity index is 1040. The van der Waals surface area contributed by atoms with Crippen LogP contribution in [0.3, 0.4) is 0 Å². The Hall–Kier alpha value is -3.28. The van der Waals surface area contributed by atoms with E-state index in [2.05, 4.69) is 11.2 Å². The first-order valence-corrected chi connectivity index (χ1v) is 8.79. The van der Waals surface area contributed by atoms with Crippen molar-refractivity contribution >= 4 is 5.91 Å². The molecule has 136 valence electrons. The number of nitrogens with zero attached hydrogens (tertiary/aromatic N) is 3. The quantitative estimate of drug-likeness (QED) is 0.719. The largest absolute Gasteiger partial charge is 0.336 e. The van der Waals surface area contributed by atoms with E-state index in [0.717, 1.165) is 12.0 Å². The molecule has 2 heterocycles. The fraction of sp³-hybridized carbons (Fsp3) is 0.190. The third-order valence-corrected chi connectivity index (χ3v) is 4.77. The first-order chi connectivity index (χ1) is 13.1. The van der Waals surface area contributed by atoms with Crippen molar-refractivity contribution in [2.24, 2.45) is 0 Å². The lowest BCUT2D eigenvalue weighted by Gasteiger charge is -2.29. The standard InChI is InChI=1S/C21H18FN3O2/c22-18-7-5-16(6-8-18)19-9-10-20(26)25(23-19)14-21(27)24-12-11-15-3-1-2-4-17(15)13-24/h1-10H,11-14H2. The topological polar surface area (TPSA) is 55.2 Å². The summed E-state index contributed by atoms with van der Waals surface area (Å²) in [6, 6.07) is 16.9. The van der Waals surface area contributed by atoms with E-state index in [9.17, 15) is 14.0 Å². The van der Waals surface area contributed by atoms with E-state index in [-0.39, 0.29) is 23.8 Å². The van der Waals surface area contributed by atoms with Crippen LogP contribution in [-0.2, 0) is 24.3 Å². The summed E-state index contributed by atoms with van der Waals surface area (Å²) in [5, 5.41) is 4.29. The molecular weight excluding hydrogens is 345 g/mol. The van der Waals surface area contributed by atoms with Gasteiger partial charge in [0.2, 0.25) is 5.91 Å². The highest BCUT2D eigenvalue weighted by molar-refractivity contribution is 5.76. The van der Waals surface area contributed by atoms with Crippen LogP contribution in [0.15, 0.2) is 65.5 Å². The van der Waals surface area contributed by atoms with Gasteiger partial charge in [0, 0.05) is 24.7 Å². The van der Waals surface area contributed by atoms with Crippen LogP contribution in [0.25, 0.3) is 11.3 Å². The summed E-state index contributed by atoms with van der Waals surface area (Å²) in [5.41, 5.74) is 3.26. The van der Waals surface area contributed by atoms with E-state index >= 15 is 0 Å². The molecule has 1 aliphatic heterocycles. The van der Waals surface area contributed by atoms with Gasteiger partial charge in [0.15, 0.2) is 0 Å². The van der Waals surface area contributed by atoms with Crippen molar-refractivity contribution in [3.8, 4) is 11.3 Å². The molecule has 1 aliphatic rings. The maximum Gasteiger partial charge on any atom is 0.267 e. The second-order valence-corrected chi connectivity index (χ2v) is 6.56. The average Bonchev–Trinajstić information content (AvgIpc) is 2.70. The lowest BCUT2D eigenvalue weighted by atomic mass is 10.00. The number of halogens is 1. The number of amides is 1. The molecule has 0 fully saturated rings. The van der Waals surface area contributed by atoms with Crippen molar-refractivity contribution in [2.75, 3.05) is 6.54 Å². The third-order valence-electron chi connectivity index (χ3n) is 4.77. The van der Waals surface area contributed by atoms with E-state index in [1.165, 1.54) is 28.4 Å². The molecular formula is C21H18FN3O2. The fourth-order valence-electron chi connectivity index (χ4n) is 3.27. The highest BCUT2D eigenvalue weighted by atomic mass is 19.1. The van der Waals surface area contributed by atoms with Gasteiger partial charge >= 0.3 is 0 Å². The Balaban J connectivity index is 1.54. The summed E-state index contributed by atoms with van der Waals surface area (Å²) in [6.07, 6.45) is 0.805. The molecule has 0 spiro atoms. The van der Waals surface area contributed by atoms with Gasteiger partial charge in [-0.3, -0.25) is 9.59 Å². The zero-order valence-electron chi connectivity index (χ0n) is 14.6. The van der Waals surface area contributed by atoms with Gasteiger partial charge in [-0.1, -0.05) is 24.3 Å². The van der Waals surface area contributed by atoms with Gasteiger partial charge in [-0.05, 0) is 47.9 Å². The Morgan fingerprint density at radius 1 is 1.00 bits per heavy atom. The highest BCUT2D eigenvalue weighted by Gasteiger charge is 2.21. The molecule has 27 heavy (non-hydrogen) atoms. The zero-order chi connectivity index (χ0) is 18.8. The maximum absolute atomic E-state index is 13.1. The van der Waals surface area contributed by atoms with Crippen molar-refractivity contribution in [1.82, 2.24) is 14.7 Å². The minimum absolute atomic E-state index is 0.115. The van der Waals surface area contributed by atoms with E-state index in [1.807, 2.05) is 18.2 Å². The minimum atomic E-state index is -0.341. The molecule has 0 bridgehead atoms. The van der Waals surface area contributed by atoms with Crippen molar-refractivity contribution in [2.45, 2.75) is 19.5 Å². The maximum atomic E-state index is 13.1. The fourth-order valence-corrected chi connectivity index (χ4v) is 3.27. The number of fused-ring (bicyclic) bond motifs is 1. The Morgan fingerprint density at radius 2 is 1.74 bits per heavy atom. The second-order valence-electron chi connectivity index (χ2n) is 6.56. The molecule has 0 atom stereocenters. The number of carbonyl (C=O) groups is 1. The van der Waals surface area contributed by atoms with Crippen LogP contribution in [0.4, 0.5) is 4.39 Å². The predicted molar refractivity (Wildman–Crippen MR) is 99.5 cm³/mol. The second kappa shape index (κ2) is 7.15. The van der Waals surface area contributed by atoms with Crippen LogP contribution in [0.5, 0.6) is 0 Å². The molecule has 0 saturated carbocycles. The summed E-state index contributed by atoms with van der Waals surface area (Å²) < 4.78 is 14.3. The first-order valence-electron chi connectivity index (χ1n) is 8.79. The van der Waals surface area contributed by atoms with E-state index < -0.39 is 0 Å². The lowest BCUT2D eigenvalue weighted by Crippen LogP contribution is -2.40. The monoisotopic (exact) mass is 363 g/mol. The summed E-state index contributed by atoms with van der Waals surface area (Å²) in [7, 11) is 0. The smallest absolute Gasteiger partial charge is 0.267 e. The van der Waals surface area contributed by atoms with E-state index in [1.54, 1.807) is 23.1 Å². The van der Waals surface area contributed by atoms with Gasteiger partial charge in [-0.15, -0.1) is 0 Å². The number of carbonyl (C=O) groups excluding carboxylic acids is 1. The van der Waals surface area contributed by atoms with Crippen molar-refractivity contribution in [1.29, 1.82) is 0 Å². The van der Waals surface area contributed by atoms with Gasteiger partial charge < -0.3 is 4.90 Å². The Kier molecular flexibility index (Phi) is 4.54. The van der Waals surface area contributed by atoms with E-state index in [4.69, 9.17) is 0 Å². The molecule has 0 unspecified atom stereocenters. The highest BCUT2D eigenvalue weighted by Crippen LogP contribution is 2.19. The summed E-state index contributed by atoms with van der Waals surface area (Å²) in [6.45, 7) is 1.06.